The molecule has 0 saturated heterocycles. The quantitative estimate of drug-likeness (QED) is 0.672. The van der Waals surface area contributed by atoms with E-state index in [0.29, 0.717) is 18.1 Å². The van der Waals surface area contributed by atoms with Gasteiger partial charge in [-0.2, -0.15) is 0 Å². The molecule has 0 spiro atoms. The van der Waals surface area contributed by atoms with Gasteiger partial charge in [-0.15, -0.1) is 0 Å². The first-order chi connectivity index (χ1) is 12.9. The molecule has 27 heavy (non-hydrogen) atoms. The Labute approximate surface area is 159 Å². The number of benzene rings is 2. The summed E-state index contributed by atoms with van der Waals surface area (Å²) in [7, 11) is -1.92. The highest BCUT2D eigenvalue weighted by atomic mass is 32.2. The Morgan fingerprint density at radius 3 is 2.33 bits per heavy atom. The summed E-state index contributed by atoms with van der Waals surface area (Å²) < 4.78 is 38.2. The molecular formula is C20H22N2O4S. The fourth-order valence-corrected chi connectivity index (χ4v) is 3.65. The number of rotatable bonds is 7. The Hall–Kier alpha value is -2.64. The van der Waals surface area contributed by atoms with E-state index in [-0.39, 0.29) is 11.4 Å². The molecule has 2 aromatic carbocycles. The van der Waals surface area contributed by atoms with Gasteiger partial charge in [-0.1, -0.05) is 17.7 Å². The fourth-order valence-electron chi connectivity index (χ4n) is 2.62. The van der Waals surface area contributed by atoms with E-state index in [0.717, 1.165) is 22.6 Å². The highest BCUT2D eigenvalue weighted by Crippen LogP contribution is 2.24. The molecule has 0 aliphatic carbocycles. The maximum absolute atomic E-state index is 12.3. The van der Waals surface area contributed by atoms with E-state index in [1.165, 1.54) is 0 Å². The van der Waals surface area contributed by atoms with Crippen molar-refractivity contribution in [3.8, 4) is 17.2 Å². The first kappa shape index (κ1) is 19.1. The summed E-state index contributed by atoms with van der Waals surface area (Å²) in [6.45, 7) is 3.98. The summed E-state index contributed by atoms with van der Waals surface area (Å²) in [5, 5.41) is 0. The third-order valence-electron chi connectivity index (χ3n) is 4.21. The maximum Gasteiger partial charge on any atom is 0.240 e. The molecule has 0 saturated carbocycles. The van der Waals surface area contributed by atoms with Crippen LogP contribution in [0.3, 0.4) is 0 Å². The molecule has 1 aromatic heterocycles. The zero-order valence-corrected chi connectivity index (χ0v) is 16.3. The highest BCUT2D eigenvalue weighted by Gasteiger charge is 2.15. The number of hydrogen-bond acceptors (Lipinski definition) is 5. The molecule has 3 aromatic rings. The van der Waals surface area contributed by atoms with Crippen molar-refractivity contribution in [1.29, 1.82) is 0 Å². The number of nitrogens with zero attached hydrogens (tertiary/aromatic N) is 1. The van der Waals surface area contributed by atoms with E-state index in [1.54, 1.807) is 31.4 Å². The maximum atomic E-state index is 12.3. The van der Waals surface area contributed by atoms with Crippen LogP contribution in [0.4, 0.5) is 0 Å². The van der Waals surface area contributed by atoms with Crippen molar-refractivity contribution in [1.82, 2.24) is 9.71 Å². The Morgan fingerprint density at radius 2 is 1.70 bits per heavy atom. The van der Waals surface area contributed by atoms with E-state index < -0.39 is 10.0 Å². The van der Waals surface area contributed by atoms with Crippen molar-refractivity contribution < 1.29 is 17.6 Å². The number of nitrogens with one attached hydrogen (secondary N) is 1. The van der Waals surface area contributed by atoms with Crippen molar-refractivity contribution in [3.63, 3.8) is 0 Å². The molecule has 1 heterocycles. The monoisotopic (exact) mass is 386 g/mol. The molecule has 0 unspecified atom stereocenters. The van der Waals surface area contributed by atoms with Crippen LogP contribution in [0.1, 0.15) is 17.0 Å². The van der Waals surface area contributed by atoms with Crippen LogP contribution < -0.4 is 9.46 Å². The zero-order valence-electron chi connectivity index (χ0n) is 15.5. The first-order valence-corrected chi connectivity index (χ1v) is 10.0. The van der Waals surface area contributed by atoms with Gasteiger partial charge in [0.05, 0.1) is 17.7 Å². The molecule has 142 valence electrons. The highest BCUT2D eigenvalue weighted by molar-refractivity contribution is 7.89. The molecule has 7 heteroatoms. The van der Waals surface area contributed by atoms with Gasteiger partial charge in [0.15, 0.2) is 0 Å². The second-order valence-electron chi connectivity index (χ2n) is 6.21. The fraction of sp³-hybridized carbons (Fsp3) is 0.250. The van der Waals surface area contributed by atoms with E-state index in [9.17, 15) is 8.42 Å². The lowest BCUT2D eigenvalue weighted by molar-refractivity contribution is 0.415. The summed E-state index contributed by atoms with van der Waals surface area (Å²) in [6.07, 6.45) is 0.441. The molecular weight excluding hydrogens is 364 g/mol. The lowest BCUT2D eigenvalue weighted by atomic mass is 10.2. The topological polar surface area (TPSA) is 81.4 Å². The van der Waals surface area contributed by atoms with Gasteiger partial charge < -0.3 is 9.15 Å². The third kappa shape index (κ3) is 4.56. The van der Waals surface area contributed by atoms with E-state index in [4.69, 9.17) is 9.15 Å². The summed E-state index contributed by atoms with van der Waals surface area (Å²) >= 11 is 0. The molecule has 6 nitrogen and oxygen atoms in total. The Morgan fingerprint density at radius 1 is 1.04 bits per heavy atom. The minimum absolute atomic E-state index is 0.242. The molecule has 0 amide bonds. The van der Waals surface area contributed by atoms with Crippen LogP contribution in [-0.4, -0.2) is 27.1 Å². The standard InChI is InChI=1S/C20H22N2O4S/c1-14-4-10-18(11-5-14)27(23,24)21-13-12-19-15(2)26-20(22-19)16-6-8-17(25-3)9-7-16/h4-11,21H,12-13H2,1-3H3. The minimum Gasteiger partial charge on any atom is -0.497 e. The van der Waals surface area contributed by atoms with Crippen molar-refractivity contribution in [2.45, 2.75) is 25.2 Å². The largest absolute Gasteiger partial charge is 0.497 e. The minimum atomic E-state index is -3.54. The number of methoxy groups -OCH3 is 1. The second-order valence-corrected chi connectivity index (χ2v) is 7.98. The zero-order chi connectivity index (χ0) is 19.4. The summed E-state index contributed by atoms with van der Waals surface area (Å²) in [5.74, 6) is 1.94. The molecule has 0 aliphatic rings. The number of ether oxygens (including phenoxy) is 1. The van der Waals surface area contributed by atoms with Gasteiger partial charge in [0.25, 0.3) is 0 Å². The number of aromatic nitrogens is 1. The molecule has 0 radical (unpaired) electrons. The lowest BCUT2D eigenvalue weighted by Gasteiger charge is -2.06. The van der Waals surface area contributed by atoms with Gasteiger partial charge in [0, 0.05) is 18.5 Å². The van der Waals surface area contributed by atoms with Crippen LogP contribution in [-0.2, 0) is 16.4 Å². The van der Waals surface area contributed by atoms with Gasteiger partial charge in [0.2, 0.25) is 15.9 Å². The van der Waals surface area contributed by atoms with Crippen LogP contribution in [0.15, 0.2) is 57.8 Å². The summed E-state index contributed by atoms with van der Waals surface area (Å²) in [5.41, 5.74) is 2.58. The molecule has 0 bridgehead atoms. The van der Waals surface area contributed by atoms with Crippen LogP contribution in [0, 0.1) is 13.8 Å². The number of hydrogen-bond donors (Lipinski definition) is 1. The Bertz CT molecular complexity index is 1010. The van der Waals surface area contributed by atoms with E-state index >= 15 is 0 Å². The first-order valence-electron chi connectivity index (χ1n) is 8.56. The van der Waals surface area contributed by atoms with Crippen LogP contribution in [0.25, 0.3) is 11.5 Å². The van der Waals surface area contributed by atoms with Gasteiger partial charge in [-0.3, -0.25) is 0 Å². The van der Waals surface area contributed by atoms with Crippen LogP contribution in [0.2, 0.25) is 0 Å². The Kier molecular flexibility index (Phi) is 5.62. The van der Waals surface area contributed by atoms with Crippen molar-refractivity contribution in [2.75, 3.05) is 13.7 Å². The van der Waals surface area contributed by atoms with Crippen molar-refractivity contribution in [2.24, 2.45) is 0 Å². The molecule has 0 fully saturated rings. The smallest absolute Gasteiger partial charge is 0.240 e. The van der Waals surface area contributed by atoms with Crippen LogP contribution >= 0.6 is 0 Å². The normalized spacial score (nSPS) is 11.5. The summed E-state index contributed by atoms with van der Waals surface area (Å²) in [4.78, 5) is 4.75. The third-order valence-corrected chi connectivity index (χ3v) is 5.69. The SMILES string of the molecule is COc1ccc(-c2nc(CCNS(=O)(=O)c3ccc(C)cc3)c(C)o2)cc1. The van der Waals surface area contributed by atoms with Gasteiger partial charge in [0.1, 0.15) is 11.5 Å². The number of aryl methyl sites for hydroxylation is 2. The van der Waals surface area contributed by atoms with Crippen LogP contribution in [0.5, 0.6) is 5.75 Å². The molecule has 0 atom stereocenters. The van der Waals surface area contributed by atoms with Gasteiger partial charge in [-0.25, -0.2) is 18.1 Å². The van der Waals surface area contributed by atoms with Gasteiger partial charge >= 0.3 is 0 Å². The van der Waals surface area contributed by atoms with E-state index in [2.05, 4.69) is 9.71 Å². The number of sulfonamides is 1. The Balaban J connectivity index is 1.66. The van der Waals surface area contributed by atoms with E-state index in [1.807, 2.05) is 38.1 Å². The second kappa shape index (κ2) is 7.94. The average Bonchev–Trinajstić information content (AvgIpc) is 3.03. The van der Waals surface area contributed by atoms with Crippen molar-refractivity contribution >= 4 is 10.0 Å². The van der Waals surface area contributed by atoms with Crippen molar-refractivity contribution in [3.05, 3.63) is 65.5 Å². The predicted molar refractivity (Wildman–Crippen MR) is 103 cm³/mol. The number of oxazole rings is 1. The average molecular weight is 386 g/mol. The molecule has 1 N–H and O–H groups in total. The lowest BCUT2D eigenvalue weighted by Crippen LogP contribution is -2.26. The molecule has 0 aliphatic heterocycles. The summed E-state index contributed by atoms with van der Waals surface area (Å²) in [6, 6.07) is 14.2. The predicted octanol–water partition coefficient (Wildman–Crippen LogP) is 3.49. The van der Waals surface area contributed by atoms with Gasteiger partial charge in [-0.05, 0) is 50.2 Å². The molecule has 3 rings (SSSR count).